The first-order valence-electron chi connectivity index (χ1n) is 5.46. The second-order valence-corrected chi connectivity index (χ2v) is 5.75. The Kier molecular flexibility index (Phi) is 4.53. The molecule has 0 fully saturated rings. The Bertz CT molecular complexity index is 705. The molecule has 0 aliphatic heterocycles. The van der Waals surface area contributed by atoms with Gasteiger partial charge in [-0.05, 0) is 36.4 Å². The van der Waals surface area contributed by atoms with Crippen LogP contribution >= 0.6 is 31.9 Å². The fourth-order valence-electron chi connectivity index (χ4n) is 1.57. The van der Waals surface area contributed by atoms with Gasteiger partial charge in [0.2, 0.25) is 0 Å². The van der Waals surface area contributed by atoms with Crippen molar-refractivity contribution in [3.63, 3.8) is 0 Å². The highest BCUT2D eigenvalue weighted by atomic mass is 79.9. The molecule has 100 valence electrons. The first-order valence-corrected chi connectivity index (χ1v) is 7.05. The maximum atomic E-state index is 13.7. The zero-order valence-corrected chi connectivity index (χ0v) is 13.1. The summed E-state index contributed by atoms with van der Waals surface area (Å²) in [5.74, 6) is -1.08. The summed E-state index contributed by atoms with van der Waals surface area (Å²) in [6, 6.07) is 10.7. The number of halogens is 3. The molecule has 0 aliphatic carbocycles. The third kappa shape index (κ3) is 3.44. The van der Waals surface area contributed by atoms with Gasteiger partial charge < -0.3 is 5.32 Å². The first kappa shape index (κ1) is 14.7. The van der Waals surface area contributed by atoms with E-state index in [0.717, 1.165) is 15.0 Å². The maximum Gasteiger partial charge on any atom is 0.255 e. The number of nitrogens with zero attached hydrogens (tertiary/aromatic N) is 1. The van der Waals surface area contributed by atoms with E-state index in [0.29, 0.717) is 5.56 Å². The van der Waals surface area contributed by atoms with Crippen molar-refractivity contribution < 1.29 is 9.18 Å². The molecule has 3 nitrogen and oxygen atoms in total. The van der Waals surface area contributed by atoms with E-state index in [1.54, 1.807) is 18.2 Å². The molecule has 0 heterocycles. The normalized spacial score (nSPS) is 9.90. The summed E-state index contributed by atoms with van der Waals surface area (Å²) in [4.78, 5) is 12.0. The zero-order valence-electron chi connectivity index (χ0n) is 9.95. The van der Waals surface area contributed by atoms with E-state index in [1.807, 2.05) is 6.07 Å². The van der Waals surface area contributed by atoms with Crippen molar-refractivity contribution in [3.05, 3.63) is 62.3 Å². The lowest BCUT2D eigenvalue weighted by Crippen LogP contribution is -2.13. The maximum absolute atomic E-state index is 13.7. The molecular formula is C14H7Br2FN2O. The van der Waals surface area contributed by atoms with Crippen LogP contribution in [0.25, 0.3) is 0 Å². The van der Waals surface area contributed by atoms with E-state index in [2.05, 4.69) is 37.2 Å². The molecule has 1 N–H and O–H groups in total. The summed E-state index contributed by atoms with van der Waals surface area (Å²) in [7, 11) is 0. The van der Waals surface area contributed by atoms with E-state index in [-0.39, 0.29) is 11.3 Å². The molecule has 2 aromatic carbocycles. The average Bonchev–Trinajstić information content (AvgIpc) is 2.39. The minimum atomic E-state index is -0.647. The Morgan fingerprint density at radius 2 is 1.80 bits per heavy atom. The number of carbonyl (C=O) groups excluding carboxylic acids is 1. The van der Waals surface area contributed by atoms with Crippen molar-refractivity contribution in [2.24, 2.45) is 0 Å². The van der Waals surface area contributed by atoms with E-state index in [4.69, 9.17) is 5.26 Å². The topological polar surface area (TPSA) is 52.9 Å². The fraction of sp³-hybridized carbons (Fsp3) is 0. The standard InChI is InChI=1S/C14H7Br2FN2O/c15-10-4-9(5-11(16)6-10)14(20)19-13-2-1-8(7-18)3-12(13)17/h1-6H,(H,19,20). The monoisotopic (exact) mass is 396 g/mol. The number of hydrogen-bond acceptors (Lipinski definition) is 2. The van der Waals surface area contributed by atoms with Crippen LogP contribution in [0.1, 0.15) is 15.9 Å². The quantitative estimate of drug-likeness (QED) is 0.812. The predicted molar refractivity (Wildman–Crippen MR) is 80.9 cm³/mol. The third-order valence-electron chi connectivity index (χ3n) is 2.47. The number of carbonyl (C=O) groups is 1. The minimum Gasteiger partial charge on any atom is -0.319 e. The van der Waals surface area contributed by atoms with Crippen LogP contribution in [0.4, 0.5) is 10.1 Å². The number of benzene rings is 2. The number of amides is 1. The Morgan fingerprint density at radius 1 is 1.15 bits per heavy atom. The van der Waals surface area contributed by atoms with Gasteiger partial charge >= 0.3 is 0 Å². The van der Waals surface area contributed by atoms with Crippen LogP contribution in [0.15, 0.2) is 45.3 Å². The van der Waals surface area contributed by atoms with Crippen molar-refractivity contribution >= 4 is 43.5 Å². The molecular weight excluding hydrogens is 391 g/mol. The molecule has 0 saturated heterocycles. The number of hydrogen-bond donors (Lipinski definition) is 1. The van der Waals surface area contributed by atoms with Gasteiger partial charge in [0.1, 0.15) is 5.82 Å². The van der Waals surface area contributed by atoms with Gasteiger partial charge in [0, 0.05) is 14.5 Å². The van der Waals surface area contributed by atoms with Gasteiger partial charge in [-0.2, -0.15) is 5.26 Å². The van der Waals surface area contributed by atoms with Crippen LogP contribution in [0, 0.1) is 17.1 Å². The molecule has 0 unspecified atom stereocenters. The van der Waals surface area contributed by atoms with Gasteiger partial charge in [0.05, 0.1) is 17.3 Å². The summed E-state index contributed by atoms with van der Waals surface area (Å²) < 4.78 is 15.2. The molecule has 0 bridgehead atoms. The van der Waals surface area contributed by atoms with E-state index >= 15 is 0 Å². The number of rotatable bonds is 2. The lowest BCUT2D eigenvalue weighted by molar-refractivity contribution is 0.102. The highest BCUT2D eigenvalue weighted by Gasteiger charge is 2.11. The second kappa shape index (κ2) is 6.16. The van der Waals surface area contributed by atoms with Gasteiger partial charge in [0.15, 0.2) is 0 Å². The molecule has 0 saturated carbocycles. The zero-order chi connectivity index (χ0) is 14.7. The first-order chi connectivity index (χ1) is 9.49. The van der Waals surface area contributed by atoms with Crippen LogP contribution in [0.2, 0.25) is 0 Å². The highest BCUT2D eigenvalue weighted by Crippen LogP contribution is 2.22. The Labute approximate surface area is 131 Å². The minimum absolute atomic E-state index is 0.0325. The van der Waals surface area contributed by atoms with Crippen LogP contribution in [-0.2, 0) is 0 Å². The van der Waals surface area contributed by atoms with Crippen LogP contribution in [0.5, 0.6) is 0 Å². The summed E-state index contributed by atoms with van der Waals surface area (Å²) in [5.41, 5.74) is 0.616. The number of nitrogens with one attached hydrogen (secondary N) is 1. The SMILES string of the molecule is N#Cc1ccc(NC(=O)c2cc(Br)cc(Br)c2)c(F)c1. The van der Waals surface area contributed by atoms with E-state index in [1.165, 1.54) is 12.1 Å². The summed E-state index contributed by atoms with van der Waals surface area (Å²) in [5, 5.41) is 11.1. The molecule has 0 aromatic heterocycles. The molecule has 20 heavy (non-hydrogen) atoms. The molecule has 0 atom stereocenters. The van der Waals surface area contributed by atoms with Gasteiger partial charge in [0.25, 0.3) is 5.91 Å². The lowest BCUT2D eigenvalue weighted by Gasteiger charge is -2.07. The van der Waals surface area contributed by atoms with Crippen LogP contribution < -0.4 is 5.32 Å². The van der Waals surface area contributed by atoms with Crippen molar-refractivity contribution in [2.75, 3.05) is 5.32 Å². The third-order valence-corrected chi connectivity index (χ3v) is 3.39. The van der Waals surface area contributed by atoms with Crippen molar-refractivity contribution in [1.82, 2.24) is 0 Å². The van der Waals surface area contributed by atoms with Gasteiger partial charge in [-0.1, -0.05) is 31.9 Å². The molecule has 2 aromatic rings. The number of nitriles is 1. The molecule has 0 radical (unpaired) electrons. The smallest absolute Gasteiger partial charge is 0.255 e. The van der Waals surface area contributed by atoms with Crippen molar-refractivity contribution in [2.45, 2.75) is 0 Å². The van der Waals surface area contributed by atoms with Gasteiger partial charge in [-0.3, -0.25) is 4.79 Å². The highest BCUT2D eigenvalue weighted by molar-refractivity contribution is 9.11. The Hall–Kier alpha value is -1.71. The lowest BCUT2D eigenvalue weighted by atomic mass is 10.2. The van der Waals surface area contributed by atoms with Crippen molar-refractivity contribution in [1.29, 1.82) is 5.26 Å². The average molecular weight is 398 g/mol. The van der Waals surface area contributed by atoms with Crippen LogP contribution in [0.3, 0.4) is 0 Å². The molecule has 0 spiro atoms. The largest absolute Gasteiger partial charge is 0.319 e. The molecule has 1 amide bonds. The molecule has 6 heteroatoms. The van der Waals surface area contributed by atoms with Gasteiger partial charge in [-0.25, -0.2) is 4.39 Å². The summed E-state index contributed by atoms with van der Waals surface area (Å²) >= 11 is 6.56. The summed E-state index contributed by atoms with van der Waals surface area (Å²) in [6.07, 6.45) is 0. The molecule has 0 aliphatic rings. The Balaban J connectivity index is 2.26. The number of anilines is 1. The van der Waals surface area contributed by atoms with Crippen molar-refractivity contribution in [3.8, 4) is 6.07 Å². The fourth-order valence-corrected chi connectivity index (χ4v) is 2.86. The summed E-state index contributed by atoms with van der Waals surface area (Å²) in [6.45, 7) is 0. The van der Waals surface area contributed by atoms with Gasteiger partial charge in [-0.15, -0.1) is 0 Å². The van der Waals surface area contributed by atoms with E-state index < -0.39 is 11.7 Å². The second-order valence-electron chi connectivity index (χ2n) is 3.92. The predicted octanol–water partition coefficient (Wildman–Crippen LogP) is 4.47. The van der Waals surface area contributed by atoms with E-state index in [9.17, 15) is 9.18 Å². The molecule has 2 rings (SSSR count). The Morgan fingerprint density at radius 3 is 2.35 bits per heavy atom. The van der Waals surface area contributed by atoms with Crippen LogP contribution in [-0.4, -0.2) is 5.91 Å².